The number of hydrogen-bond acceptors (Lipinski definition) is 2. The highest BCUT2D eigenvalue weighted by molar-refractivity contribution is 5.11. The summed E-state index contributed by atoms with van der Waals surface area (Å²) in [5, 5.41) is 9.82. The van der Waals surface area contributed by atoms with E-state index in [2.05, 4.69) is 4.98 Å². The second-order valence-electron chi connectivity index (χ2n) is 3.83. The molecule has 2 heteroatoms. The average molecular weight is 177 g/mol. The molecule has 1 heterocycles. The molecule has 0 bridgehead atoms. The highest BCUT2D eigenvalue weighted by Gasteiger charge is 2.21. The smallest absolute Gasteiger partial charge is 0.0807 e. The van der Waals surface area contributed by atoms with Gasteiger partial charge in [0.15, 0.2) is 0 Å². The fourth-order valence-electron chi connectivity index (χ4n) is 1.75. The van der Waals surface area contributed by atoms with Crippen LogP contribution >= 0.6 is 0 Å². The molecule has 1 aliphatic rings. The van der Waals surface area contributed by atoms with E-state index in [9.17, 15) is 5.11 Å². The lowest BCUT2D eigenvalue weighted by Gasteiger charge is -2.27. The van der Waals surface area contributed by atoms with Crippen molar-refractivity contribution < 1.29 is 5.11 Å². The zero-order valence-corrected chi connectivity index (χ0v) is 7.69. The first-order chi connectivity index (χ1) is 6.36. The molecule has 1 unspecified atom stereocenters. The minimum absolute atomic E-state index is 0.306. The molecular formula is C11H15NO. The third kappa shape index (κ3) is 2.07. The highest BCUT2D eigenvalue weighted by Crippen LogP contribution is 2.34. The molecule has 1 aromatic heterocycles. The van der Waals surface area contributed by atoms with Gasteiger partial charge in [0.1, 0.15) is 0 Å². The Labute approximate surface area is 78.6 Å². The Morgan fingerprint density at radius 2 is 2.38 bits per heavy atom. The molecule has 1 aliphatic carbocycles. The van der Waals surface area contributed by atoms with Crippen LogP contribution in [0.2, 0.25) is 0 Å². The summed E-state index contributed by atoms with van der Waals surface area (Å²) in [6.45, 7) is 0. The monoisotopic (exact) mass is 177 g/mol. The van der Waals surface area contributed by atoms with Crippen LogP contribution < -0.4 is 0 Å². The van der Waals surface area contributed by atoms with Gasteiger partial charge in [0, 0.05) is 12.4 Å². The molecule has 13 heavy (non-hydrogen) atoms. The van der Waals surface area contributed by atoms with Crippen LogP contribution in [0, 0.1) is 5.92 Å². The lowest BCUT2D eigenvalue weighted by atomic mass is 9.80. The summed E-state index contributed by atoms with van der Waals surface area (Å²) in [7, 11) is 0. The van der Waals surface area contributed by atoms with Crippen molar-refractivity contribution in [3.05, 3.63) is 30.1 Å². The number of pyridine rings is 1. The third-order valence-electron chi connectivity index (χ3n) is 2.85. The SMILES string of the molecule is OC(CC1CCC1)c1cccnc1. The zero-order chi connectivity index (χ0) is 9.10. The Morgan fingerprint density at radius 3 is 2.92 bits per heavy atom. The van der Waals surface area contributed by atoms with E-state index < -0.39 is 0 Å². The van der Waals surface area contributed by atoms with Crippen LogP contribution in [0.25, 0.3) is 0 Å². The predicted octanol–water partition coefficient (Wildman–Crippen LogP) is 2.31. The summed E-state index contributed by atoms with van der Waals surface area (Å²) in [6.07, 6.45) is 8.01. The quantitative estimate of drug-likeness (QED) is 0.768. The first kappa shape index (κ1) is 8.70. The average Bonchev–Trinajstić information content (AvgIpc) is 2.12. The third-order valence-corrected chi connectivity index (χ3v) is 2.85. The molecule has 0 aromatic carbocycles. The van der Waals surface area contributed by atoms with Gasteiger partial charge in [-0.3, -0.25) is 4.98 Å². The van der Waals surface area contributed by atoms with Crippen LogP contribution in [0.3, 0.4) is 0 Å². The van der Waals surface area contributed by atoms with E-state index >= 15 is 0 Å². The number of aromatic nitrogens is 1. The van der Waals surface area contributed by atoms with Crippen molar-refractivity contribution in [1.82, 2.24) is 4.98 Å². The summed E-state index contributed by atoms with van der Waals surface area (Å²) in [6, 6.07) is 3.82. The van der Waals surface area contributed by atoms with Gasteiger partial charge in [-0.2, -0.15) is 0 Å². The fraction of sp³-hybridized carbons (Fsp3) is 0.545. The first-order valence-electron chi connectivity index (χ1n) is 4.94. The van der Waals surface area contributed by atoms with Crippen molar-refractivity contribution >= 4 is 0 Å². The maximum absolute atomic E-state index is 9.82. The molecule has 0 spiro atoms. The standard InChI is InChI=1S/C11H15NO/c13-11(7-9-3-1-4-9)10-5-2-6-12-8-10/h2,5-6,8-9,11,13H,1,3-4,7H2. The maximum Gasteiger partial charge on any atom is 0.0807 e. The molecule has 2 nitrogen and oxygen atoms in total. The van der Waals surface area contributed by atoms with E-state index in [1.165, 1.54) is 19.3 Å². The Kier molecular flexibility index (Phi) is 2.60. The molecule has 0 amide bonds. The van der Waals surface area contributed by atoms with Gasteiger partial charge in [-0.15, -0.1) is 0 Å². The van der Waals surface area contributed by atoms with Crippen LogP contribution in [-0.4, -0.2) is 10.1 Å². The Balaban J connectivity index is 1.92. The van der Waals surface area contributed by atoms with Gasteiger partial charge in [0.05, 0.1) is 6.10 Å². The van der Waals surface area contributed by atoms with Gasteiger partial charge >= 0.3 is 0 Å². The lowest BCUT2D eigenvalue weighted by Crippen LogP contribution is -2.14. The minimum Gasteiger partial charge on any atom is -0.388 e. The van der Waals surface area contributed by atoms with E-state index in [-0.39, 0.29) is 6.10 Å². The molecule has 0 aliphatic heterocycles. The summed E-state index contributed by atoms with van der Waals surface area (Å²) < 4.78 is 0. The second kappa shape index (κ2) is 3.88. The lowest BCUT2D eigenvalue weighted by molar-refractivity contribution is 0.118. The number of rotatable bonds is 3. The summed E-state index contributed by atoms with van der Waals surface area (Å²) in [4.78, 5) is 4.00. The van der Waals surface area contributed by atoms with Crippen LogP contribution in [0.4, 0.5) is 0 Å². The molecular weight excluding hydrogens is 162 g/mol. The predicted molar refractivity (Wildman–Crippen MR) is 51.2 cm³/mol. The summed E-state index contributed by atoms with van der Waals surface area (Å²) in [5.41, 5.74) is 0.953. The largest absolute Gasteiger partial charge is 0.388 e. The number of nitrogens with zero attached hydrogens (tertiary/aromatic N) is 1. The number of aliphatic hydroxyl groups is 1. The Hall–Kier alpha value is -0.890. The van der Waals surface area contributed by atoms with Crippen LogP contribution in [-0.2, 0) is 0 Å². The van der Waals surface area contributed by atoms with Gasteiger partial charge in [-0.1, -0.05) is 25.3 Å². The zero-order valence-electron chi connectivity index (χ0n) is 7.69. The maximum atomic E-state index is 9.82. The molecule has 1 N–H and O–H groups in total. The molecule has 0 saturated heterocycles. The van der Waals surface area contributed by atoms with Crippen molar-refractivity contribution in [3.63, 3.8) is 0 Å². The van der Waals surface area contributed by atoms with Gasteiger partial charge in [0.2, 0.25) is 0 Å². The Morgan fingerprint density at radius 1 is 1.54 bits per heavy atom. The summed E-state index contributed by atoms with van der Waals surface area (Å²) >= 11 is 0. The van der Waals surface area contributed by atoms with E-state index in [1.54, 1.807) is 12.4 Å². The molecule has 2 rings (SSSR count). The van der Waals surface area contributed by atoms with E-state index in [0.29, 0.717) is 0 Å². The van der Waals surface area contributed by atoms with E-state index in [4.69, 9.17) is 0 Å². The van der Waals surface area contributed by atoms with Gasteiger partial charge in [-0.25, -0.2) is 0 Å². The highest BCUT2D eigenvalue weighted by atomic mass is 16.3. The van der Waals surface area contributed by atoms with Crippen LogP contribution in [0.15, 0.2) is 24.5 Å². The molecule has 1 atom stereocenters. The van der Waals surface area contributed by atoms with Crippen LogP contribution in [0.5, 0.6) is 0 Å². The van der Waals surface area contributed by atoms with Crippen molar-refractivity contribution in [2.45, 2.75) is 31.8 Å². The van der Waals surface area contributed by atoms with Gasteiger partial charge in [0.25, 0.3) is 0 Å². The van der Waals surface area contributed by atoms with Crippen LogP contribution in [0.1, 0.15) is 37.4 Å². The van der Waals surface area contributed by atoms with Crippen molar-refractivity contribution in [2.75, 3.05) is 0 Å². The van der Waals surface area contributed by atoms with Crippen molar-refractivity contribution in [2.24, 2.45) is 5.92 Å². The Bertz CT molecular complexity index is 256. The first-order valence-corrected chi connectivity index (χ1v) is 4.94. The molecule has 1 saturated carbocycles. The van der Waals surface area contributed by atoms with Gasteiger partial charge < -0.3 is 5.11 Å². The number of hydrogen-bond donors (Lipinski definition) is 1. The summed E-state index contributed by atoms with van der Waals surface area (Å²) in [5.74, 6) is 0.746. The van der Waals surface area contributed by atoms with Crippen molar-refractivity contribution in [3.8, 4) is 0 Å². The topological polar surface area (TPSA) is 33.1 Å². The molecule has 1 fully saturated rings. The van der Waals surface area contributed by atoms with E-state index in [1.807, 2.05) is 12.1 Å². The second-order valence-corrected chi connectivity index (χ2v) is 3.83. The minimum atomic E-state index is -0.306. The molecule has 1 aromatic rings. The van der Waals surface area contributed by atoms with Gasteiger partial charge in [-0.05, 0) is 24.0 Å². The van der Waals surface area contributed by atoms with E-state index in [0.717, 1.165) is 17.9 Å². The molecule has 0 radical (unpaired) electrons. The normalized spacial score (nSPS) is 19.5. The molecule has 70 valence electrons. The number of aliphatic hydroxyl groups excluding tert-OH is 1. The fourth-order valence-corrected chi connectivity index (χ4v) is 1.75. The van der Waals surface area contributed by atoms with Crippen molar-refractivity contribution in [1.29, 1.82) is 0 Å².